The van der Waals surface area contributed by atoms with E-state index in [1.54, 1.807) is 36.7 Å². The van der Waals surface area contributed by atoms with Gasteiger partial charge in [0.1, 0.15) is 11.6 Å². The number of nitrogens with zero attached hydrogens (tertiary/aromatic N) is 2. The number of para-hydroxylation sites is 1. The van der Waals surface area contributed by atoms with Gasteiger partial charge in [-0.2, -0.15) is 0 Å². The molecule has 0 saturated heterocycles. The number of benzene rings is 3. The molecule has 1 amide bonds. The van der Waals surface area contributed by atoms with Crippen LogP contribution in [0.4, 0.5) is 8.78 Å². The predicted octanol–water partition coefficient (Wildman–Crippen LogP) is 6.20. The van der Waals surface area contributed by atoms with Gasteiger partial charge < -0.3 is 9.88 Å². The minimum atomic E-state index is -0.321. The van der Waals surface area contributed by atoms with Crippen LogP contribution in [-0.2, 0) is 17.9 Å². The van der Waals surface area contributed by atoms with Crippen LogP contribution in [0.2, 0.25) is 0 Å². The zero-order valence-electron chi connectivity index (χ0n) is 19.6. The van der Waals surface area contributed by atoms with Crippen LogP contribution in [0.3, 0.4) is 0 Å². The Morgan fingerprint density at radius 1 is 0.833 bits per heavy atom. The van der Waals surface area contributed by atoms with E-state index >= 15 is 0 Å². The third-order valence-electron chi connectivity index (χ3n) is 6.36. The van der Waals surface area contributed by atoms with Gasteiger partial charge in [0.05, 0.1) is 0 Å². The molecule has 2 aromatic heterocycles. The highest BCUT2D eigenvalue weighted by Gasteiger charge is 2.23. The van der Waals surface area contributed by atoms with Gasteiger partial charge in [-0.25, -0.2) is 8.78 Å². The summed E-state index contributed by atoms with van der Waals surface area (Å²) in [4.78, 5) is 17.1. The molecule has 6 heteroatoms. The number of fused-ring (bicyclic) bond motifs is 1. The normalized spacial score (nSPS) is 11.9. The molecule has 0 aliphatic rings. The van der Waals surface area contributed by atoms with E-state index in [0.29, 0.717) is 13.1 Å². The molecule has 1 atom stereocenters. The third kappa shape index (κ3) is 5.33. The predicted molar refractivity (Wildman–Crippen MR) is 136 cm³/mol. The molecule has 0 spiro atoms. The van der Waals surface area contributed by atoms with E-state index in [4.69, 9.17) is 0 Å². The SMILES string of the molecule is O=C(C[C@@H](c1ccc(F)cc1)c1cn(Cc2ccc(F)cc2)c2ccccc12)NCc1ccncc1. The lowest BCUT2D eigenvalue weighted by molar-refractivity contribution is -0.121. The van der Waals surface area contributed by atoms with E-state index in [1.165, 1.54) is 24.3 Å². The molecule has 2 heterocycles. The first kappa shape index (κ1) is 23.4. The lowest BCUT2D eigenvalue weighted by Crippen LogP contribution is -2.25. The van der Waals surface area contributed by atoms with Gasteiger partial charge >= 0.3 is 0 Å². The fraction of sp³-hybridized carbons (Fsp3) is 0.133. The van der Waals surface area contributed by atoms with Gasteiger partial charge in [-0.3, -0.25) is 9.78 Å². The van der Waals surface area contributed by atoms with Crippen molar-refractivity contribution in [1.82, 2.24) is 14.9 Å². The maximum Gasteiger partial charge on any atom is 0.221 e. The number of hydrogen-bond donors (Lipinski definition) is 1. The zero-order valence-corrected chi connectivity index (χ0v) is 19.6. The summed E-state index contributed by atoms with van der Waals surface area (Å²) >= 11 is 0. The summed E-state index contributed by atoms with van der Waals surface area (Å²) < 4.78 is 29.3. The van der Waals surface area contributed by atoms with Gasteiger partial charge in [-0.15, -0.1) is 0 Å². The highest BCUT2D eigenvalue weighted by molar-refractivity contribution is 5.86. The molecule has 0 saturated carbocycles. The summed E-state index contributed by atoms with van der Waals surface area (Å²) in [7, 11) is 0. The van der Waals surface area contributed by atoms with E-state index in [2.05, 4.69) is 21.1 Å². The Morgan fingerprint density at radius 2 is 1.50 bits per heavy atom. The molecule has 0 bridgehead atoms. The highest BCUT2D eigenvalue weighted by atomic mass is 19.1. The standard InChI is InChI=1S/C30H25F2N3O/c31-24-9-5-22(6-10-24)19-35-20-28(26-3-1-2-4-29(26)35)27(23-7-11-25(32)12-8-23)17-30(36)34-18-21-13-15-33-16-14-21/h1-16,20,27H,17-19H2,(H,34,36)/t27-/m0/s1. The number of rotatable bonds is 8. The summed E-state index contributed by atoms with van der Waals surface area (Å²) in [6, 6.07) is 24.5. The second-order valence-corrected chi connectivity index (χ2v) is 8.80. The maximum atomic E-state index is 13.7. The Kier molecular flexibility index (Phi) is 6.85. The van der Waals surface area contributed by atoms with Gasteiger partial charge in [-0.05, 0) is 64.7 Å². The lowest BCUT2D eigenvalue weighted by atomic mass is 9.88. The van der Waals surface area contributed by atoms with Crippen LogP contribution < -0.4 is 5.32 Å². The van der Waals surface area contributed by atoms with E-state index in [0.717, 1.165) is 33.2 Å². The molecule has 5 rings (SSSR count). The quantitative estimate of drug-likeness (QED) is 0.287. The van der Waals surface area contributed by atoms with Crippen molar-refractivity contribution in [3.63, 3.8) is 0 Å². The van der Waals surface area contributed by atoms with Gasteiger partial charge in [0.2, 0.25) is 5.91 Å². The second-order valence-electron chi connectivity index (χ2n) is 8.80. The van der Waals surface area contributed by atoms with Crippen molar-refractivity contribution < 1.29 is 13.6 Å². The highest BCUT2D eigenvalue weighted by Crippen LogP contribution is 2.35. The molecule has 4 nitrogen and oxygen atoms in total. The molecule has 0 aliphatic carbocycles. The Morgan fingerprint density at radius 3 is 2.22 bits per heavy atom. The Bertz CT molecular complexity index is 1460. The van der Waals surface area contributed by atoms with Crippen molar-refractivity contribution in [3.05, 3.63) is 137 Å². The average Bonchev–Trinajstić information content (AvgIpc) is 3.27. The van der Waals surface area contributed by atoms with Crippen LogP contribution in [-0.4, -0.2) is 15.5 Å². The smallest absolute Gasteiger partial charge is 0.221 e. The number of carbonyl (C=O) groups excluding carboxylic acids is 1. The first-order chi connectivity index (χ1) is 17.6. The van der Waals surface area contributed by atoms with Crippen molar-refractivity contribution in [1.29, 1.82) is 0 Å². The Balaban J connectivity index is 1.49. The molecule has 5 aromatic rings. The van der Waals surface area contributed by atoms with Crippen LogP contribution in [0.25, 0.3) is 10.9 Å². The minimum absolute atomic E-state index is 0.100. The van der Waals surface area contributed by atoms with Gasteiger partial charge in [-0.1, -0.05) is 42.5 Å². The molecule has 0 aliphatic heterocycles. The topological polar surface area (TPSA) is 46.9 Å². The number of halogens is 2. The molecule has 1 N–H and O–H groups in total. The average molecular weight is 482 g/mol. The minimum Gasteiger partial charge on any atom is -0.352 e. The van der Waals surface area contributed by atoms with Crippen molar-refractivity contribution in [3.8, 4) is 0 Å². The third-order valence-corrected chi connectivity index (χ3v) is 6.36. The molecule has 180 valence electrons. The summed E-state index contributed by atoms with van der Waals surface area (Å²) in [6.07, 6.45) is 5.65. The van der Waals surface area contributed by atoms with E-state index in [9.17, 15) is 13.6 Å². The number of nitrogens with one attached hydrogen (secondary N) is 1. The summed E-state index contributed by atoms with van der Waals surface area (Å²) in [5, 5.41) is 4.02. The fourth-order valence-corrected chi connectivity index (χ4v) is 4.53. The van der Waals surface area contributed by atoms with Crippen LogP contribution >= 0.6 is 0 Å². The lowest BCUT2D eigenvalue weighted by Gasteiger charge is -2.17. The largest absolute Gasteiger partial charge is 0.352 e. The summed E-state index contributed by atoms with van der Waals surface area (Å²) in [5.41, 5.74) is 4.80. The number of amides is 1. The molecule has 36 heavy (non-hydrogen) atoms. The van der Waals surface area contributed by atoms with Crippen LogP contribution in [0.15, 0.2) is 104 Å². The number of hydrogen-bond acceptors (Lipinski definition) is 2. The maximum absolute atomic E-state index is 13.7. The van der Waals surface area contributed by atoms with Crippen LogP contribution in [0.5, 0.6) is 0 Å². The number of pyridine rings is 1. The van der Waals surface area contributed by atoms with Gasteiger partial charge in [0, 0.05) is 54.9 Å². The van der Waals surface area contributed by atoms with Gasteiger partial charge in [0.25, 0.3) is 0 Å². The zero-order chi connectivity index (χ0) is 24.9. The molecule has 0 fully saturated rings. The van der Waals surface area contributed by atoms with Crippen molar-refractivity contribution >= 4 is 16.8 Å². The number of carbonyl (C=O) groups is 1. The second kappa shape index (κ2) is 10.5. The molecular weight excluding hydrogens is 456 g/mol. The number of aromatic nitrogens is 2. The first-order valence-corrected chi connectivity index (χ1v) is 11.8. The Labute approximate surface area is 208 Å². The first-order valence-electron chi connectivity index (χ1n) is 11.8. The van der Waals surface area contributed by atoms with Crippen molar-refractivity contribution in [2.24, 2.45) is 0 Å². The van der Waals surface area contributed by atoms with E-state index < -0.39 is 0 Å². The summed E-state index contributed by atoms with van der Waals surface area (Å²) in [5.74, 6) is -0.969. The van der Waals surface area contributed by atoms with Gasteiger partial charge in [0.15, 0.2) is 0 Å². The van der Waals surface area contributed by atoms with E-state index in [1.807, 2.05) is 36.4 Å². The molecule has 0 unspecified atom stereocenters. The summed E-state index contributed by atoms with van der Waals surface area (Å²) in [6.45, 7) is 0.967. The fourth-order valence-electron chi connectivity index (χ4n) is 4.53. The van der Waals surface area contributed by atoms with Crippen molar-refractivity contribution in [2.75, 3.05) is 0 Å². The monoisotopic (exact) mass is 481 g/mol. The molecular formula is C30H25F2N3O. The van der Waals surface area contributed by atoms with E-state index in [-0.39, 0.29) is 29.9 Å². The van der Waals surface area contributed by atoms with Crippen LogP contribution in [0, 0.1) is 11.6 Å². The Hall–Kier alpha value is -4.32. The molecule has 0 radical (unpaired) electrons. The van der Waals surface area contributed by atoms with Crippen LogP contribution in [0.1, 0.15) is 34.6 Å². The molecule has 3 aromatic carbocycles. The van der Waals surface area contributed by atoms with Crippen molar-refractivity contribution in [2.45, 2.75) is 25.4 Å².